The number of nitrogens with zero attached hydrogens (tertiary/aromatic N) is 1. The van der Waals surface area contributed by atoms with Crippen molar-refractivity contribution in [2.45, 2.75) is 251 Å². The molecule has 0 radical (unpaired) electrons. The summed E-state index contributed by atoms with van der Waals surface area (Å²) in [7, 11) is 1.26. The number of quaternary nitrogens is 1. The zero-order valence-corrected chi connectivity index (χ0v) is 44.1. The smallest absolute Gasteiger partial charge is 0.268 e. The van der Waals surface area contributed by atoms with Crippen molar-refractivity contribution < 1.29 is 32.9 Å². The first-order chi connectivity index (χ1) is 31.5. The van der Waals surface area contributed by atoms with Gasteiger partial charge in [0.05, 0.1) is 39.9 Å². The molecule has 8 nitrogen and oxygen atoms in total. The number of unbranched alkanes of at least 4 members (excludes halogenated alkanes) is 28. The Morgan fingerprint density at radius 3 is 1.37 bits per heavy atom. The first kappa shape index (κ1) is 63.2. The van der Waals surface area contributed by atoms with Crippen molar-refractivity contribution in [3.8, 4) is 0 Å². The van der Waals surface area contributed by atoms with Crippen LogP contribution < -0.4 is 10.2 Å². The minimum absolute atomic E-state index is 0.00270. The van der Waals surface area contributed by atoms with Crippen LogP contribution in [-0.2, 0) is 18.4 Å². The number of rotatable bonds is 49. The number of nitrogens with one attached hydrogen (secondary N) is 1. The molecule has 0 heterocycles. The van der Waals surface area contributed by atoms with Crippen molar-refractivity contribution in [3.05, 3.63) is 60.8 Å². The predicted molar refractivity (Wildman–Crippen MR) is 279 cm³/mol. The minimum atomic E-state index is -4.60. The Labute approximate surface area is 402 Å². The van der Waals surface area contributed by atoms with Crippen LogP contribution in [0.1, 0.15) is 239 Å². The summed E-state index contributed by atoms with van der Waals surface area (Å²) in [6.45, 7) is 4.55. The third-order valence-corrected chi connectivity index (χ3v) is 12.9. The molecule has 0 rings (SSSR count). The van der Waals surface area contributed by atoms with E-state index >= 15 is 0 Å². The van der Waals surface area contributed by atoms with E-state index in [-0.39, 0.29) is 19.1 Å². The summed E-state index contributed by atoms with van der Waals surface area (Å²) in [6.07, 6.45) is 62.8. The normalized spacial score (nSPS) is 14.5. The number of aliphatic hydroxyl groups is 1. The molecule has 65 heavy (non-hydrogen) atoms. The fourth-order valence-electron chi connectivity index (χ4n) is 7.73. The molecule has 3 atom stereocenters. The third kappa shape index (κ3) is 49.9. The summed E-state index contributed by atoms with van der Waals surface area (Å²) < 4.78 is 23.3. The molecule has 3 unspecified atom stereocenters. The predicted octanol–water partition coefficient (Wildman–Crippen LogP) is 15.5. The van der Waals surface area contributed by atoms with Crippen LogP contribution in [0, 0.1) is 0 Å². The van der Waals surface area contributed by atoms with Gasteiger partial charge in [-0.05, 0) is 57.8 Å². The molecule has 0 fully saturated rings. The van der Waals surface area contributed by atoms with Gasteiger partial charge in [0.25, 0.3) is 7.82 Å². The minimum Gasteiger partial charge on any atom is -0.756 e. The van der Waals surface area contributed by atoms with Gasteiger partial charge >= 0.3 is 0 Å². The van der Waals surface area contributed by atoms with E-state index in [9.17, 15) is 19.4 Å². The van der Waals surface area contributed by atoms with Crippen LogP contribution in [0.15, 0.2) is 60.8 Å². The maximum Gasteiger partial charge on any atom is 0.268 e. The van der Waals surface area contributed by atoms with Crippen LogP contribution in [0.4, 0.5) is 0 Å². The van der Waals surface area contributed by atoms with E-state index in [1.807, 2.05) is 27.2 Å². The van der Waals surface area contributed by atoms with E-state index in [4.69, 9.17) is 9.05 Å². The number of allylic oxidation sites excluding steroid dienone is 9. The van der Waals surface area contributed by atoms with Crippen molar-refractivity contribution in [2.24, 2.45) is 0 Å². The summed E-state index contributed by atoms with van der Waals surface area (Å²) >= 11 is 0. The number of hydrogen-bond donors (Lipinski definition) is 2. The first-order valence-corrected chi connectivity index (χ1v) is 28.6. The third-order valence-electron chi connectivity index (χ3n) is 12.0. The fraction of sp³-hybridized carbons (Fsp3) is 0.804. The van der Waals surface area contributed by atoms with Crippen LogP contribution >= 0.6 is 7.82 Å². The Morgan fingerprint density at radius 2 is 0.938 bits per heavy atom. The molecule has 0 saturated carbocycles. The molecule has 9 heteroatoms. The largest absolute Gasteiger partial charge is 0.756 e. The van der Waals surface area contributed by atoms with Gasteiger partial charge in [-0.25, -0.2) is 0 Å². The molecule has 0 aromatic heterocycles. The summed E-state index contributed by atoms with van der Waals surface area (Å²) in [5.41, 5.74) is 0. The zero-order chi connectivity index (χ0) is 47.8. The van der Waals surface area contributed by atoms with Gasteiger partial charge in [-0.3, -0.25) is 9.36 Å². The number of aliphatic hydroxyl groups excluding tert-OH is 1. The van der Waals surface area contributed by atoms with Gasteiger partial charge in [0.2, 0.25) is 5.91 Å². The molecule has 380 valence electrons. The number of carbonyl (C=O) groups excluding carboxylic acids is 1. The highest BCUT2D eigenvalue weighted by atomic mass is 31.2. The average molecular weight is 933 g/mol. The van der Waals surface area contributed by atoms with Gasteiger partial charge < -0.3 is 28.8 Å². The van der Waals surface area contributed by atoms with Gasteiger partial charge in [-0.15, -0.1) is 0 Å². The lowest BCUT2D eigenvalue weighted by Gasteiger charge is -2.29. The van der Waals surface area contributed by atoms with E-state index in [0.717, 1.165) is 64.2 Å². The van der Waals surface area contributed by atoms with Crippen LogP contribution in [0.25, 0.3) is 0 Å². The fourth-order valence-corrected chi connectivity index (χ4v) is 8.46. The molecular formula is C56H105N2O6P. The highest BCUT2D eigenvalue weighted by Gasteiger charge is 2.23. The number of phosphoric acid groups is 1. The van der Waals surface area contributed by atoms with Crippen molar-refractivity contribution in [2.75, 3.05) is 40.9 Å². The van der Waals surface area contributed by atoms with Crippen molar-refractivity contribution >= 4 is 13.7 Å². The van der Waals surface area contributed by atoms with Gasteiger partial charge in [0.1, 0.15) is 13.2 Å². The molecule has 0 aliphatic carbocycles. The van der Waals surface area contributed by atoms with Gasteiger partial charge in [0.15, 0.2) is 0 Å². The molecule has 2 N–H and O–H groups in total. The molecular weight excluding hydrogens is 828 g/mol. The van der Waals surface area contributed by atoms with E-state index in [0.29, 0.717) is 17.4 Å². The first-order valence-electron chi connectivity index (χ1n) is 27.2. The van der Waals surface area contributed by atoms with Crippen LogP contribution in [-0.4, -0.2) is 68.5 Å². The topological polar surface area (TPSA) is 108 Å². The van der Waals surface area contributed by atoms with E-state index in [2.05, 4.69) is 67.8 Å². The number of amides is 1. The van der Waals surface area contributed by atoms with Gasteiger partial charge in [-0.1, -0.05) is 235 Å². The number of phosphoric ester groups is 1. The summed E-state index contributed by atoms with van der Waals surface area (Å²) in [6, 6.07) is -0.890. The average Bonchev–Trinajstić information content (AvgIpc) is 3.26. The second-order valence-electron chi connectivity index (χ2n) is 19.6. The van der Waals surface area contributed by atoms with Crippen LogP contribution in [0.3, 0.4) is 0 Å². The molecule has 1 amide bonds. The monoisotopic (exact) mass is 933 g/mol. The SMILES string of the molecule is CC/C=C\C/C=C\C/C=C\C/C=C\CCCCCCCCCCCCCCC(=O)NC(COP(=O)([O-])OCC[N+](C)(C)C)C(O)/C=C/CCCCCCCCCCCCCCCCCC. The van der Waals surface area contributed by atoms with Gasteiger partial charge in [0, 0.05) is 6.42 Å². The highest BCUT2D eigenvalue weighted by molar-refractivity contribution is 7.45. The number of hydrogen-bond acceptors (Lipinski definition) is 6. The zero-order valence-electron chi connectivity index (χ0n) is 43.2. The maximum absolute atomic E-state index is 12.9. The summed E-state index contributed by atoms with van der Waals surface area (Å²) in [4.78, 5) is 25.5. The van der Waals surface area contributed by atoms with Crippen molar-refractivity contribution in [3.63, 3.8) is 0 Å². The maximum atomic E-state index is 12.9. The van der Waals surface area contributed by atoms with E-state index in [1.165, 1.54) is 154 Å². The lowest BCUT2D eigenvalue weighted by molar-refractivity contribution is -0.870. The van der Waals surface area contributed by atoms with E-state index in [1.54, 1.807) is 6.08 Å². The Morgan fingerprint density at radius 1 is 0.554 bits per heavy atom. The second kappa shape index (κ2) is 47.3. The highest BCUT2D eigenvalue weighted by Crippen LogP contribution is 2.38. The molecule has 0 saturated heterocycles. The standard InChI is InChI=1S/C56H105N2O6P/c1-6-8-10-12-14-16-18-20-22-24-26-27-28-29-30-31-32-34-36-38-40-42-44-46-48-50-56(60)57-54(53-64-65(61,62)63-52-51-58(3,4)5)55(59)49-47-45-43-41-39-37-35-33-25-23-21-19-17-15-13-11-9-7-2/h8,10,14,16,20,22,26-27,47,49,54-55,59H,6-7,9,11-13,15,17-19,21,23-25,28-46,48,50-53H2,1-5H3,(H-,57,60,61,62)/b10-8-,16-14-,22-20-,27-26-,49-47+. The Hall–Kier alpha value is -1.80. The lowest BCUT2D eigenvalue weighted by atomic mass is 10.0. The lowest BCUT2D eigenvalue weighted by Crippen LogP contribution is -2.45. The Bertz CT molecular complexity index is 1240. The van der Waals surface area contributed by atoms with Crippen LogP contribution in [0.5, 0.6) is 0 Å². The Kier molecular flexibility index (Phi) is 46.0. The van der Waals surface area contributed by atoms with Crippen LogP contribution in [0.2, 0.25) is 0 Å². The molecule has 0 aliphatic heterocycles. The van der Waals surface area contributed by atoms with E-state index < -0.39 is 20.0 Å². The molecule has 0 spiro atoms. The molecule has 0 bridgehead atoms. The second-order valence-corrected chi connectivity index (χ2v) is 21.0. The van der Waals surface area contributed by atoms with Crippen molar-refractivity contribution in [1.82, 2.24) is 5.32 Å². The van der Waals surface area contributed by atoms with Crippen molar-refractivity contribution in [1.29, 1.82) is 0 Å². The molecule has 0 aromatic rings. The van der Waals surface area contributed by atoms with Gasteiger partial charge in [-0.2, -0.15) is 0 Å². The summed E-state index contributed by atoms with van der Waals surface area (Å²) in [5.74, 6) is -0.200. The number of likely N-dealkylation sites (N-methyl/N-ethyl adjacent to an activating group) is 1. The molecule has 0 aliphatic rings. The molecule has 0 aromatic carbocycles. The quantitative estimate of drug-likeness (QED) is 0.0272. The summed E-state index contributed by atoms with van der Waals surface area (Å²) in [5, 5.41) is 13.9. The number of carbonyl (C=O) groups is 1. The Balaban J connectivity index is 4.25.